The van der Waals surface area contributed by atoms with Crippen LogP contribution in [0.4, 0.5) is 0 Å². The summed E-state index contributed by atoms with van der Waals surface area (Å²) in [4.78, 5) is 0. The molecule has 1 rings (SSSR count). The fraction of sp³-hybridized carbons (Fsp3) is 0.600. The van der Waals surface area contributed by atoms with Crippen molar-refractivity contribution >= 4 is 0 Å². The predicted molar refractivity (Wildman–Crippen MR) is 73.4 cm³/mol. The van der Waals surface area contributed by atoms with Crippen LogP contribution in [0.5, 0.6) is 0 Å². The number of quaternary nitrogens is 1. The normalized spacial score (nSPS) is 11.0. The quantitative estimate of drug-likeness (QED) is 0.669. The summed E-state index contributed by atoms with van der Waals surface area (Å²) in [6.45, 7) is 12.1. The zero-order valence-corrected chi connectivity index (χ0v) is 11.5. The molecule has 0 saturated heterocycles. The van der Waals surface area contributed by atoms with Crippen LogP contribution in [0.25, 0.3) is 0 Å². The largest absolute Gasteiger partial charge is 0.870 e. The molecule has 0 unspecified atom stereocenters. The van der Waals surface area contributed by atoms with Crippen LogP contribution in [0.15, 0.2) is 30.3 Å². The van der Waals surface area contributed by atoms with Crippen LogP contribution in [-0.2, 0) is 6.42 Å². The summed E-state index contributed by atoms with van der Waals surface area (Å²) in [5.41, 5.74) is 1.48. The Morgan fingerprint density at radius 3 is 1.88 bits per heavy atom. The van der Waals surface area contributed by atoms with Crippen molar-refractivity contribution in [3.8, 4) is 0 Å². The molecular weight excluding hydrogens is 210 g/mol. The minimum atomic E-state index is 0. The molecule has 0 saturated carbocycles. The highest BCUT2D eigenvalue weighted by Crippen LogP contribution is 2.10. The second-order valence-electron chi connectivity index (χ2n) is 4.60. The highest BCUT2D eigenvalue weighted by molar-refractivity contribution is 5.14. The lowest BCUT2D eigenvalue weighted by Gasteiger charge is -2.35. The Labute approximate surface area is 106 Å². The third-order valence-corrected chi connectivity index (χ3v) is 3.95. The molecule has 17 heavy (non-hydrogen) atoms. The van der Waals surface area contributed by atoms with E-state index in [0.29, 0.717) is 0 Å². The van der Waals surface area contributed by atoms with Gasteiger partial charge in [-0.2, -0.15) is 0 Å². The number of hydrogen-bond acceptors (Lipinski definition) is 1. The van der Waals surface area contributed by atoms with Gasteiger partial charge in [-0.05, 0) is 32.8 Å². The molecule has 0 heterocycles. The van der Waals surface area contributed by atoms with Crippen molar-refractivity contribution in [2.75, 3.05) is 26.2 Å². The first kappa shape index (κ1) is 16.1. The van der Waals surface area contributed by atoms with Gasteiger partial charge in [-0.15, -0.1) is 0 Å². The molecule has 0 bridgehead atoms. The van der Waals surface area contributed by atoms with Gasteiger partial charge in [0.15, 0.2) is 0 Å². The summed E-state index contributed by atoms with van der Waals surface area (Å²) in [6, 6.07) is 10.8. The molecule has 0 fully saturated rings. The van der Waals surface area contributed by atoms with Crippen molar-refractivity contribution in [2.45, 2.75) is 33.6 Å². The average molecular weight is 237 g/mol. The number of hydrogen-bond donors (Lipinski definition) is 0. The molecule has 0 atom stereocenters. The van der Waals surface area contributed by atoms with Crippen LogP contribution in [-0.4, -0.2) is 36.1 Å². The summed E-state index contributed by atoms with van der Waals surface area (Å²) in [5, 5.41) is 0. The summed E-state index contributed by atoms with van der Waals surface area (Å²) < 4.78 is 1.27. The molecule has 98 valence electrons. The Bertz CT molecular complexity index is 272. The zero-order valence-electron chi connectivity index (χ0n) is 11.5. The molecule has 1 N–H and O–H groups in total. The van der Waals surface area contributed by atoms with Crippen LogP contribution in [0.3, 0.4) is 0 Å². The summed E-state index contributed by atoms with van der Waals surface area (Å²) in [6.07, 6.45) is 2.53. The smallest absolute Gasteiger partial charge is 0.0789 e. The highest BCUT2D eigenvalue weighted by Gasteiger charge is 2.19. The number of rotatable bonds is 7. The van der Waals surface area contributed by atoms with E-state index < -0.39 is 0 Å². The lowest BCUT2D eigenvalue weighted by Crippen LogP contribution is -2.48. The van der Waals surface area contributed by atoms with Gasteiger partial charge in [-0.25, -0.2) is 0 Å². The van der Waals surface area contributed by atoms with Crippen molar-refractivity contribution in [3.63, 3.8) is 0 Å². The van der Waals surface area contributed by atoms with E-state index in [9.17, 15) is 0 Å². The standard InChI is InChI=1S/C15H26N.H2O/c1-4-16(5-2,6-3)14-10-13-15-11-8-7-9-12-15;/h7-9,11-12H,4-6,10,13-14H2,1-3H3;1H2/q+1;/p-1. The van der Waals surface area contributed by atoms with Crippen molar-refractivity contribution in [1.29, 1.82) is 0 Å². The number of benzene rings is 1. The third kappa shape index (κ3) is 4.88. The maximum atomic E-state index is 2.31. The first-order chi connectivity index (χ1) is 7.76. The Hall–Kier alpha value is -0.860. The van der Waals surface area contributed by atoms with Gasteiger partial charge in [0.2, 0.25) is 0 Å². The lowest BCUT2D eigenvalue weighted by atomic mass is 10.1. The summed E-state index contributed by atoms with van der Waals surface area (Å²) in [5.74, 6) is 0. The van der Waals surface area contributed by atoms with Gasteiger partial charge in [-0.3, -0.25) is 0 Å². The Morgan fingerprint density at radius 2 is 1.41 bits per heavy atom. The SMILES string of the molecule is CC[N+](CC)(CC)CCCc1ccccc1.[OH-]. The van der Waals surface area contributed by atoms with E-state index in [0.717, 1.165) is 0 Å². The minimum absolute atomic E-state index is 0. The highest BCUT2D eigenvalue weighted by atomic mass is 16.0. The summed E-state index contributed by atoms with van der Waals surface area (Å²) in [7, 11) is 0. The molecule has 0 spiro atoms. The molecule has 1 aromatic carbocycles. The van der Waals surface area contributed by atoms with E-state index in [1.54, 1.807) is 0 Å². The van der Waals surface area contributed by atoms with Crippen molar-refractivity contribution in [3.05, 3.63) is 35.9 Å². The van der Waals surface area contributed by atoms with Gasteiger partial charge >= 0.3 is 0 Å². The first-order valence-corrected chi connectivity index (χ1v) is 6.65. The van der Waals surface area contributed by atoms with E-state index in [4.69, 9.17) is 0 Å². The van der Waals surface area contributed by atoms with Gasteiger partial charge in [0.1, 0.15) is 0 Å². The Morgan fingerprint density at radius 1 is 0.882 bits per heavy atom. The predicted octanol–water partition coefficient (Wildman–Crippen LogP) is 3.32. The molecular formula is C15H27NO. The van der Waals surface area contributed by atoms with E-state index >= 15 is 0 Å². The van der Waals surface area contributed by atoms with E-state index in [2.05, 4.69) is 51.1 Å². The van der Waals surface area contributed by atoms with E-state index in [1.165, 1.54) is 49.1 Å². The van der Waals surface area contributed by atoms with E-state index in [-0.39, 0.29) is 5.48 Å². The molecule has 1 aromatic rings. The lowest BCUT2D eigenvalue weighted by molar-refractivity contribution is -0.923. The van der Waals surface area contributed by atoms with Gasteiger partial charge < -0.3 is 9.96 Å². The Kier molecular flexibility index (Phi) is 7.85. The topological polar surface area (TPSA) is 30.0 Å². The molecule has 0 aliphatic carbocycles. The van der Waals surface area contributed by atoms with Crippen LogP contribution in [0.1, 0.15) is 32.8 Å². The van der Waals surface area contributed by atoms with Gasteiger partial charge in [0, 0.05) is 6.42 Å². The van der Waals surface area contributed by atoms with Crippen molar-refractivity contribution in [2.24, 2.45) is 0 Å². The second-order valence-corrected chi connectivity index (χ2v) is 4.60. The number of aryl methyl sites for hydroxylation is 1. The van der Waals surface area contributed by atoms with Crippen LogP contribution < -0.4 is 0 Å². The maximum Gasteiger partial charge on any atom is 0.0789 e. The zero-order chi connectivity index (χ0) is 11.9. The average Bonchev–Trinajstić information content (AvgIpc) is 2.37. The molecule has 0 aliphatic rings. The second kappa shape index (κ2) is 8.26. The van der Waals surface area contributed by atoms with Gasteiger partial charge in [0.25, 0.3) is 0 Å². The maximum absolute atomic E-state index is 2.31. The van der Waals surface area contributed by atoms with Crippen LogP contribution in [0.2, 0.25) is 0 Å². The molecule has 0 aliphatic heterocycles. The minimum Gasteiger partial charge on any atom is -0.870 e. The van der Waals surface area contributed by atoms with Gasteiger partial charge in [-0.1, -0.05) is 30.3 Å². The monoisotopic (exact) mass is 237 g/mol. The van der Waals surface area contributed by atoms with Crippen LogP contribution in [0, 0.1) is 0 Å². The van der Waals surface area contributed by atoms with E-state index in [1.807, 2.05) is 0 Å². The molecule has 0 radical (unpaired) electrons. The fourth-order valence-electron chi connectivity index (χ4n) is 2.41. The third-order valence-electron chi connectivity index (χ3n) is 3.95. The van der Waals surface area contributed by atoms with Crippen LogP contribution >= 0.6 is 0 Å². The number of nitrogens with zero attached hydrogens (tertiary/aromatic N) is 1. The molecule has 2 heteroatoms. The Balaban J connectivity index is 0.00000256. The van der Waals surface area contributed by atoms with Gasteiger partial charge in [0.05, 0.1) is 26.2 Å². The molecule has 0 amide bonds. The summed E-state index contributed by atoms with van der Waals surface area (Å²) >= 11 is 0. The molecule has 2 nitrogen and oxygen atoms in total. The fourth-order valence-corrected chi connectivity index (χ4v) is 2.41. The van der Waals surface area contributed by atoms with Crippen molar-refractivity contribution in [1.82, 2.24) is 0 Å². The van der Waals surface area contributed by atoms with Crippen molar-refractivity contribution < 1.29 is 9.96 Å². The first-order valence-electron chi connectivity index (χ1n) is 6.65. The molecule has 0 aromatic heterocycles.